The first-order valence-corrected chi connectivity index (χ1v) is 7.47. The Morgan fingerprint density at radius 1 is 1.67 bits per heavy atom. The minimum Gasteiger partial charge on any atom is -0.355 e. The van der Waals surface area contributed by atoms with E-state index in [2.05, 4.69) is 17.2 Å². The van der Waals surface area contributed by atoms with Gasteiger partial charge in [0.25, 0.3) is 0 Å². The van der Waals surface area contributed by atoms with E-state index in [1.54, 1.807) is 17.5 Å². The van der Waals surface area contributed by atoms with Crippen molar-refractivity contribution in [2.45, 2.75) is 44.6 Å². The van der Waals surface area contributed by atoms with E-state index in [9.17, 15) is 4.79 Å². The molecule has 1 aliphatic rings. The van der Waals surface area contributed by atoms with Gasteiger partial charge >= 0.3 is 0 Å². The van der Waals surface area contributed by atoms with Crippen molar-refractivity contribution in [3.63, 3.8) is 0 Å². The van der Waals surface area contributed by atoms with Gasteiger partial charge in [-0.1, -0.05) is 13.3 Å². The van der Waals surface area contributed by atoms with Crippen LogP contribution in [0.1, 0.15) is 43.5 Å². The molecule has 100 valence electrons. The molecule has 0 radical (unpaired) electrons. The van der Waals surface area contributed by atoms with Crippen molar-refractivity contribution in [2.75, 3.05) is 6.54 Å². The molecular formula is C13H21N3OS. The molecule has 3 unspecified atom stereocenters. The maximum Gasteiger partial charge on any atom is 0.223 e. The van der Waals surface area contributed by atoms with Gasteiger partial charge in [-0.25, -0.2) is 4.98 Å². The SMILES string of the molecule is CC(CNC(=O)C1CCCC(N)C1)c1nccs1. The number of hydrogen-bond donors (Lipinski definition) is 2. The molecule has 4 nitrogen and oxygen atoms in total. The van der Waals surface area contributed by atoms with Crippen molar-refractivity contribution in [3.8, 4) is 0 Å². The van der Waals surface area contributed by atoms with Gasteiger partial charge in [-0.15, -0.1) is 11.3 Å². The van der Waals surface area contributed by atoms with Crippen LogP contribution in [0.5, 0.6) is 0 Å². The molecule has 1 saturated carbocycles. The minimum absolute atomic E-state index is 0.109. The Balaban J connectivity index is 1.77. The van der Waals surface area contributed by atoms with Crippen LogP contribution < -0.4 is 11.1 Å². The zero-order valence-corrected chi connectivity index (χ0v) is 11.6. The molecule has 1 aromatic heterocycles. The number of nitrogens with zero attached hydrogens (tertiary/aromatic N) is 1. The van der Waals surface area contributed by atoms with Crippen LogP contribution in [-0.2, 0) is 4.79 Å². The number of amides is 1. The van der Waals surface area contributed by atoms with Crippen molar-refractivity contribution >= 4 is 17.2 Å². The lowest BCUT2D eigenvalue weighted by atomic mass is 9.85. The third kappa shape index (κ3) is 3.53. The number of thiazole rings is 1. The van der Waals surface area contributed by atoms with E-state index in [0.29, 0.717) is 6.54 Å². The summed E-state index contributed by atoms with van der Waals surface area (Å²) in [5.41, 5.74) is 5.91. The second-order valence-electron chi connectivity index (χ2n) is 5.14. The predicted octanol–water partition coefficient (Wildman–Crippen LogP) is 1.88. The van der Waals surface area contributed by atoms with Crippen LogP contribution in [-0.4, -0.2) is 23.5 Å². The molecule has 3 N–H and O–H groups in total. The second-order valence-corrected chi connectivity index (χ2v) is 6.07. The lowest BCUT2D eigenvalue weighted by Crippen LogP contribution is -2.38. The summed E-state index contributed by atoms with van der Waals surface area (Å²) < 4.78 is 0. The molecule has 0 saturated heterocycles. The molecule has 0 aliphatic heterocycles. The van der Waals surface area contributed by atoms with Crippen molar-refractivity contribution in [3.05, 3.63) is 16.6 Å². The van der Waals surface area contributed by atoms with Gasteiger partial charge in [0, 0.05) is 36.0 Å². The van der Waals surface area contributed by atoms with Crippen LogP contribution in [0.15, 0.2) is 11.6 Å². The quantitative estimate of drug-likeness (QED) is 0.875. The maximum atomic E-state index is 12.0. The van der Waals surface area contributed by atoms with Crippen molar-refractivity contribution in [2.24, 2.45) is 11.7 Å². The maximum absolute atomic E-state index is 12.0. The standard InChI is InChI=1S/C13H21N3OS/c1-9(13-15-5-6-18-13)8-16-12(17)10-3-2-4-11(14)7-10/h5-6,9-11H,2-4,7-8,14H2,1H3,(H,16,17). The van der Waals surface area contributed by atoms with Gasteiger partial charge in [-0.05, 0) is 19.3 Å². The molecule has 1 amide bonds. The Morgan fingerprint density at radius 2 is 2.50 bits per heavy atom. The Morgan fingerprint density at radius 3 is 3.17 bits per heavy atom. The molecule has 0 aromatic carbocycles. The molecule has 1 aromatic rings. The summed E-state index contributed by atoms with van der Waals surface area (Å²) in [6.45, 7) is 2.75. The number of nitrogens with one attached hydrogen (secondary N) is 1. The van der Waals surface area contributed by atoms with Gasteiger partial charge in [-0.2, -0.15) is 0 Å². The largest absolute Gasteiger partial charge is 0.355 e. The lowest BCUT2D eigenvalue weighted by Gasteiger charge is -2.26. The lowest BCUT2D eigenvalue weighted by molar-refractivity contribution is -0.126. The second kappa shape index (κ2) is 6.29. The van der Waals surface area contributed by atoms with E-state index < -0.39 is 0 Å². The third-order valence-electron chi connectivity index (χ3n) is 3.54. The van der Waals surface area contributed by atoms with E-state index in [-0.39, 0.29) is 23.8 Å². The monoisotopic (exact) mass is 267 g/mol. The van der Waals surface area contributed by atoms with Gasteiger partial charge < -0.3 is 11.1 Å². The fraction of sp³-hybridized carbons (Fsp3) is 0.692. The van der Waals surface area contributed by atoms with Gasteiger partial charge in [-0.3, -0.25) is 4.79 Å². The normalized spacial score (nSPS) is 25.7. The highest BCUT2D eigenvalue weighted by atomic mass is 32.1. The van der Waals surface area contributed by atoms with E-state index in [1.807, 2.05) is 5.38 Å². The van der Waals surface area contributed by atoms with Crippen LogP contribution in [0, 0.1) is 5.92 Å². The van der Waals surface area contributed by atoms with Crippen LogP contribution in [0.2, 0.25) is 0 Å². The molecule has 1 aliphatic carbocycles. The minimum atomic E-state index is 0.109. The summed E-state index contributed by atoms with van der Waals surface area (Å²) in [7, 11) is 0. The van der Waals surface area contributed by atoms with Crippen molar-refractivity contribution < 1.29 is 4.79 Å². The summed E-state index contributed by atoms with van der Waals surface area (Å²) in [5, 5.41) is 6.08. The Kier molecular flexibility index (Phi) is 4.72. The first-order valence-electron chi connectivity index (χ1n) is 6.59. The first-order chi connectivity index (χ1) is 8.66. The summed E-state index contributed by atoms with van der Waals surface area (Å²) in [5.74, 6) is 0.553. The zero-order chi connectivity index (χ0) is 13.0. The fourth-order valence-corrected chi connectivity index (χ4v) is 3.13. The smallest absolute Gasteiger partial charge is 0.223 e. The highest BCUT2D eigenvalue weighted by Crippen LogP contribution is 2.23. The van der Waals surface area contributed by atoms with Gasteiger partial charge in [0.05, 0.1) is 5.01 Å². The summed E-state index contributed by atoms with van der Waals surface area (Å²) in [6.07, 6.45) is 5.74. The highest BCUT2D eigenvalue weighted by Gasteiger charge is 2.25. The molecule has 0 spiro atoms. The molecule has 0 bridgehead atoms. The van der Waals surface area contributed by atoms with Gasteiger partial charge in [0.2, 0.25) is 5.91 Å². The first kappa shape index (κ1) is 13.5. The summed E-state index contributed by atoms with van der Waals surface area (Å²) in [6, 6.07) is 0.200. The van der Waals surface area contributed by atoms with Crippen molar-refractivity contribution in [1.82, 2.24) is 10.3 Å². The van der Waals surface area contributed by atoms with E-state index >= 15 is 0 Å². The number of carbonyl (C=O) groups is 1. The highest BCUT2D eigenvalue weighted by molar-refractivity contribution is 7.09. The average molecular weight is 267 g/mol. The van der Waals surface area contributed by atoms with Crippen molar-refractivity contribution in [1.29, 1.82) is 0 Å². The van der Waals surface area contributed by atoms with Crippen LogP contribution in [0.25, 0.3) is 0 Å². The van der Waals surface area contributed by atoms with E-state index in [1.165, 1.54) is 0 Å². The zero-order valence-electron chi connectivity index (χ0n) is 10.8. The molecular weight excluding hydrogens is 246 g/mol. The third-order valence-corrected chi connectivity index (χ3v) is 4.55. The summed E-state index contributed by atoms with van der Waals surface area (Å²) in [4.78, 5) is 16.3. The molecule has 1 fully saturated rings. The predicted molar refractivity (Wildman–Crippen MR) is 73.5 cm³/mol. The average Bonchev–Trinajstić information content (AvgIpc) is 2.89. The number of aromatic nitrogens is 1. The molecule has 5 heteroatoms. The number of nitrogens with two attached hydrogens (primary N) is 1. The number of rotatable bonds is 4. The molecule has 2 rings (SSSR count). The topological polar surface area (TPSA) is 68.0 Å². The summed E-state index contributed by atoms with van der Waals surface area (Å²) >= 11 is 1.64. The van der Waals surface area contributed by atoms with Gasteiger partial charge in [0.15, 0.2) is 0 Å². The molecule has 18 heavy (non-hydrogen) atoms. The van der Waals surface area contributed by atoms with E-state index in [0.717, 1.165) is 30.7 Å². The van der Waals surface area contributed by atoms with E-state index in [4.69, 9.17) is 5.73 Å². The van der Waals surface area contributed by atoms with Crippen LogP contribution in [0.3, 0.4) is 0 Å². The number of hydrogen-bond acceptors (Lipinski definition) is 4. The van der Waals surface area contributed by atoms with Crippen LogP contribution in [0.4, 0.5) is 0 Å². The Labute approximate surface area is 112 Å². The molecule has 3 atom stereocenters. The molecule has 1 heterocycles. The number of carbonyl (C=O) groups excluding carboxylic acids is 1. The Hall–Kier alpha value is -0.940. The fourth-order valence-electron chi connectivity index (χ4n) is 2.43. The van der Waals surface area contributed by atoms with Crippen LogP contribution >= 0.6 is 11.3 Å². The van der Waals surface area contributed by atoms with Gasteiger partial charge in [0.1, 0.15) is 0 Å². The Bertz CT molecular complexity index is 380.